The molecule has 0 saturated carbocycles. The molecular formula is C26H31F3N6O2S. The maximum absolute atomic E-state index is 12.9. The standard InChI is InChI=1S/C26H31F3N6O2S/c1-25(2,3)37-24(36)33-21-5-4-16(10-30-21)11-34-7-6-17-13-35(14-18(17)12-34)22-20-8-19(9-26(27,28)29)38-23(20)32-15-31-22/h4-5,8,10,15,17-18H,6-7,9,11-14H2,1-3H3,(H,30,33,36)/t17-,18+/m1/s1. The molecule has 0 unspecified atom stereocenters. The SMILES string of the molecule is CC(C)(C)OC(=O)Nc1ccc(CN2CC[C@@H]3CN(c4ncnc5sc(CC(F)(F)F)cc45)C[C@@H]3C2)cn1. The van der Waals surface area contributed by atoms with Gasteiger partial charge in [0.1, 0.15) is 28.4 Å². The number of halogens is 3. The summed E-state index contributed by atoms with van der Waals surface area (Å²) in [6.45, 7) is 9.72. The zero-order chi connectivity index (χ0) is 27.1. The Labute approximate surface area is 223 Å². The highest BCUT2D eigenvalue weighted by molar-refractivity contribution is 7.18. The van der Waals surface area contributed by atoms with Gasteiger partial charge in [-0.3, -0.25) is 10.2 Å². The van der Waals surface area contributed by atoms with Crippen molar-refractivity contribution in [3.05, 3.63) is 41.2 Å². The third-order valence-corrected chi connectivity index (χ3v) is 7.82. The number of rotatable bonds is 5. The molecule has 2 aliphatic rings. The van der Waals surface area contributed by atoms with Crippen LogP contribution < -0.4 is 10.2 Å². The third-order valence-electron chi connectivity index (χ3n) is 6.78. The number of pyridine rings is 1. The van der Waals surface area contributed by atoms with Gasteiger partial charge in [0, 0.05) is 37.3 Å². The molecule has 204 valence electrons. The van der Waals surface area contributed by atoms with Gasteiger partial charge in [0.25, 0.3) is 0 Å². The Hall–Kier alpha value is -2.99. The topological polar surface area (TPSA) is 83.5 Å². The van der Waals surface area contributed by atoms with Crippen LogP contribution in [0, 0.1) is 11.8 Å². The Bertz CT molecular complexity index is 1290. The minimum Gasteiger partial charge on any atom is -0.444 e. The van der Waals surface area contributed by atoms with Gasteiger partial charge in [-0.05, 0) is 63.3 Å². The summed E-state index contributed by atoms with van der Waals surface area (Å²) in [7, 11) is 0. The second kappa shape index (κ2) is 10.3. The van der Waals surface area contributed by atoms with E-state index in [4.69, 9.17) is 4.74 Å². The Kier molecular flexibility index (Phi) is 7.21. The van der Waals surface area contributed by atoms with Crippen molar-refractivity contribution in [3.63, 3.8) is 0 Å². The summed E-state index contributed by atoms with van der Waals surface area (Å²) >= 11 is 1.09. The van der Waals surface area contributed by atoms with E-state index >= 15 is 0 Å². The molecule has 2 fully saturated rings. The highest BCUT2D eigenvalue weighted by atomic mass is 32.1. The summed E-state index contributed by atoms with van der Waals surface area (Å²) in [6.07, 6.45) is -1.46. The number of likely N-dealkylation sites (tertiary alicyclic amines) is 1. The number of nitrogens with one attached hydrogen (secondary N) is 1. The van der Waals surface area contributed by atoms with Crippen LogP contribution in [0.5, 0.6) is 0 Å². The number of anilines is 2. The van der Waals surface area contributed by atoms with E-state index in [9.17, 15) is 18.0 Å². The highest BCUT2D eigenvalue weighted by Gasteiger charge is 2.38. The fourth-order valence-electron chi connectivity index (χ4n) is 5.25. The van der Waals surface area contributed by atoms with Crippen molar-refractivity contribution in [3.8, 4) is 0 Å². The molecule has 2 saturated heterocycles. The molecule has 0 spiro atoms. The quantitative estimate of drug-likeness (QED) is 0.451. The molecule has 0 bridgehead atoms. The maximum atomic E-state index is 12.9. The normalized spacial score (nSPS) is 20.5. The van der Waals surface area contributed by atoms with Gasteiger partial charge in [-0.15, -0.1) is 11.3 Å². The first-order chi connectivity index (χ1) is 17.9. The van der Waals surface area contributed by atoms with Crippen LogP contribution in [-0.2, 0) is 17.7 Å². The minimum atomic E-state index is -4.25. The molecule has 1 amide bonds. The first-order valence-electron chi connectivity index (χ1n) is 12.6. The van der Waals surface area contributed by atoms with Gasteiger partial charge in [0.2, 0.25) is 0 Å². The number of amides is 1. The molecule has 3 aromatic heterocycles. The smallest absolute Gasteiger partial charge is 0.413 e. The number of piperidine rings is 1. The van der Waals surface area contributed by atoms with Gasteiger partial charge < -0.3 is 9.64 Å². The molecule has 38 heavy (non-hydrogen) atoms. The Morgan fingerprint density at radius 2 is 1.92 bits per heavy atom. The fraction of sp³-hybridized carbons (Fsp3) is 0.538. The fourth-order valence-corrected chi connectivity index (χ4v) is 6.27. The van der Waals surface area contributed by atoms with Crippen LogP contribution in [-0.4, -0.2) is 63.9 Å². The van der Waals surface area contributed by atoms with E-state index in [2.05, 4.69) is 30.1 Å². The van der Waals surface area contributed by atoms with Gasteiger partial charge in [-0.1, -0.05) is 6.07 Å². The van der Waals surface area contributed by atoms with E-state index in [0.717, 1.165) is 61.9 Å². The van der Waals surface area contributed by atoms with E-state index in [0.29, 0.717) is 27.9 Å². The van der Waals surface area contributed by atoms with E-state index in [-0.39, 0.29) is 4.88 Å². The number of aromatic nitrogens is 3. The number of alkyl halides is 3. The maximum Gasteiger partial charge on any atom is 0.413 e. The Morgan fingerprint density at radius 1 is 1.13 bits per heavy atom. The molecule has 0 aliphatic carbocycles. The molecule has 3 aromatic rings. The molecule has 5 heterocycles. The molecule has 12 heteroatoms. The van der Waals surface area contributed by atoms with Crippen molar-refractivity contribution < 1.29 is 22.7 Å². The lowest BCUT2D eigenvalue weighted by atomic mass is 9.88. The van der Waals surface area contributed by atoms with Crippen LogP contribution in [0.15, 0.2) is 30.7 Å². The van der Waals surface area contributed by atoms with Crippen molar-refractivity contribution in [2.75, 3.05) is 36.4 Å². The molecule has 8 nitrogen and oxygen atoms in total. The zero-order valence-electron chi connectivity index (χ0n) is 21.6. The second-order valence-electron chi connectivity index (χ2n) is 11.0. The number of hydrogen-bond donors (Lipinski definition) is 1. The molecule has 1 N–H and O–H groups in total. The summed E-state index contributed by atoms with van der Waals surface area (Å²) in [5, 5.41) is 3.36. The van der Waals surface area contributed by atoms with Gasteiger partial charge >= 0.3 is 12.3 Å². The van der Waals surface area contributed by atoms with E-state index in [1.165, 1.54) is 6.33 Å². The van der Waals surface area contributed by atoms with Crippen molar-refractivity contribution in [2.45, 2.75) is 51.9 Å². The van der Waals surface area contributed by atoms with Crippen molar-refractivity contribution in [1.29, 1.82) is 0 Å². The van der Waals surface area contributed by atoms with Crippen molar-refractivity contribution in [1.82, 2.24) is 19.9 Å². The van der Waals surface area contributed by atoms with E-state index in [1.807, 2.05) is 6.07 Å². The lowest BCUT2D eigenvalue weighted by Gasteiger charge is -2.34. The second-order valence-corrected chi connectivity index (χ2v) is 12.2. The third kappa shape index (κ3) is 6.52. The first-order valence-corrected chi connectivity index (χ1v) is 13.5. The Balaban J connectivity index is 1.19. The van der Waals surface area contributed by atoms with Crippen LogP contribution in [0.25, 0.3) is 10.2 Å². The lowest BCUT2D eigenvalue weighted by molar-refractivity contribution is -0.126. The van der Waals surface area contributed by atoms with E-state index in [1.54, 1.807) is 39.1 Å². The molecule has 0 radical (unpaired) electrons. The number of carbonyl (C=O) groups is 1. The molecule has 2 aliphatic heterocycles. The first kappa shape index (κ1) is 26.6. The Morgan fingerprint density at radius 3 is 2.63 bits per heavy atom. The lowest BCUT2D eigenvalue weighted by Crippen LogP contribution is -2.39. The summed E-state index contributed by atoms with van der Waals surface area (Å²) in [4.78, 5) is 30.5. The van der Waals surface area contributed by atoms with Crippen LogP contribution in [0.3, 0.4) is 0 Å². The summed E-state index contributed by atoms with van der Waals surface area (Å²) in [5.41, 5.74) is 0.478. The minimum absolute atomic E-state index is 0.262. The number of ether oxygens (including phenoxy) is 1. The highest BCUT2D eigenvalue weighted by Crippen LogP contribution is 2.38. The molecular weight excluding hydrogens is 517 g/mol. The van der Waals surface area contributed by atoms with Crippen LogP contribution in [0.4, 0.5) is 29.6 Å². The average molecular weight is 549 g/mol. The number of hydrogen-bond acceptors (Lipinski definition) is 8. The predicted octanol–water partition coefficient (Wildman–Crippen LogP) is 5.50. The number of thiophene rings is 1. The predicted molar refractivity (Wildman–Crippen MR) is 140 cm³/mol. The van der Waals surface area contributed by atoms with E-state index < -0.39 is 24.3 Å². The molecule has 5 rings (SSSR count). The van der Waals surface area contributed by atoms with Gasteiger partial charge in [-0.2, -0.15) is 13.2 Å². The van der Waals surface area contributed by atoms with Crippen molar-refractivity contribution in [2.24, 2.45) is 11.8 Å². The molecule has 0 aromatic carbocycles. The number of nitrogens with zero attached hydrogens (tertiary/aromatic N) is 5. The molecule has 2 atom stereocenters. The van der Waals surface area contributed by atoms with Gasteiger partial charge in [0.15, 0.2) is 0 Å². The monoisotopic (exact) mass is 548 g/mol. The van der Waals surface area contributed by atoms with Crippen LogP contribution in [0.1, 0.15) is 37.6 Å². The van der Waals surface area contributed by atoms with Crippen LogP contribution in [0.2, 0.25) is 0 Å². The summed E-state index contributed by atoms with van der Waals surface area (Å²) in [5.74, 6) is 2.14. The van der Waals surface area contributed by atoms with Crippen LogP contribution >= 0.6 is 11.3 Å². The van der Waals surface area contributed by atoms with Gasteiger partial charge in [0.05, 0.1) is 11.8 Å². The average Bonchev–Trinajstić information content (AvgIpc) is 3.40. The largest absolute Gasteiger partial charge is 0.444 e. The van der Waals surface area contributed by atoms with Crippen molar-refractivity contribution >= 4 is 39.3 Å². The number of carbonyl (C=O) groups excluding carboxylic acids is 1. The zero-order valence-corrected chi connectivity index (χ0v) is 22.4. The number of fused-ring (bicyclic) bond motifs is 2. The summed E-state index contributed by atoms with van der Waals surface area (Å²) < 4.78 is 44.0. The van der Waals surface area contributed by atoms with Gasteiger partial charge in [-0.25, -0.2) is 19.7 Å². The summed E-state index contributed by atoms with van der Waals surface area (Å²) in [6, 6.07) is 5.34.